The highest BCUT2D eigenvalue weighted by atomic mass is 79.9. The molecule has 0 amide bonds. The maximum atomic E-state index is 12.9. The summed E-state index contributed by atoms with van der Waals surface area (Å²) < 4.78 is 26.8. The molecule has 94 valence electrons. The van der Waals surface area contributed by atoms with E-state index in [4.69, 9.17) is 0 Å². The van der Waals surface area contributed by atoms with Crippen LogP contribution in [0.5, 0.6) is 0 Å². The van der Waals surface area contributed by atoms with E-state index in [1.807, 2.05) is 12.1 Å². The second-order valence-corrected chi connectivity index (χ2v) is 5.46. The van der Waals surface area contributed by atoms with E-state index in [-0.39, 0.29) is 12.8 Å². The molecule has 1 aromatic heterocycles. The molecule has 0 aliphatic heterocycles. The van der Waals surface area contributed by atoms with Gasteiger partial charge >= 0.3 is 0 Å². The molecule has 2 nitrogen and oxygen atoms in total. The third-order valence-corrected chi connectivity index (χ3v) is 3.61. The Morgan fingerprint density at radius 1 is 1.35 bits per heavy atom. The number of rotatable bonds is 3. The topological polar surface area (TPSA) is 24.9 Å². The number of pyridine rings is 1. The molecule has 2 rings (SSSR count). The smallest absolute Gasteiger partial charge is 0.248 e. The Bertz CT molecular complexity index is 357. The fourth-order valence-corrected chi connectivity index (χ4v) is 2.27. The van der Waals surface area contributed by atoms with Crippen molar-refractivity contribution in [2.45, 2.75) is 31.6 Å². The van der Waals surface area contributed by atoms with Crippen LogP contribution in [0, 0.1) is 5.92 Å². The van der Waals surface area contributed by atoms with Crippen LogP contribution in [0.1, 0.15) is 25.7 Å². The number of nitrogens with zero attached hydrogens (tertiary/aromatic N) is 1. The van der Waals surface area contributed by atoms with E-state index in [0.717, 1.165) is 16.8 Å². The molecule has 1 heterocycles. The number of hydrogen-bond donors (Lipinski definition) is 1. The van der Waals surface area contributed by atoms with Gasteiger partial charge in [-0.25, -0.2) is 13.8 Å². The van der Waals surface area contributed by atoms with E-state index in [1.54, 1.807) is 6.20 Å². The van der Waals surface area contributed by atoms with Crippen molar-refractivity contribution in [3.05, 3.63) is 22.8 Å². The molecule has 1 saturated carbocycles. The van der Waals surface area contributed by atoms with Crippen LogP contribution in [0.2, 0.25) is 0 Å². The Hall–Kier alpha value is -0.710. The largest absolute Gasteiger partial charge is 0.370 e. The molecule has 1 N–H and O–H groups in total. The number of anilines is 1. The lowest BCUT2D eigenvalue weighted by Crippen LogP contribution is -2.28. The molecule has 5 heteroatoms. The lowest BCUT2D eigenvalue weighted by atomic mass is 9.87. The van der Waals surface area contributed by atoms with Crippen molar-refractivity contribution in [2.75, 3.05) is 11.9 Å². The highest BCUT2D eigenvalue weighted by Gasteiger charge is 2.34. The fraction of sp³-hybridized carbons (Fsp3) is 0.583. The molecule has 0 radical (unpaired) electrons. The molecule has 1 aromatic rings. The lowest BCUT2D eigenvalue weighted by Gasteiger charge is -2.28. The Balaban J connectivity index is 1.78. The summed E-state index contributed by atoms with van der Waals surface area (Å²) in [6.07, 6.45) is 2.95. The maximum Gasteiger partial charge on any atom is 0.248 e. The highest BCUT2D eigenvalue weighted by Crippen LogP contribution is 2.36. The van der Waals surface area contributed by atoms with E-state index in [2.05, 4.69) is 26.2 Å². The van der Waals surface area contributed by atoms with Crippen LogP contribution >= 0.6 is 15.9 Å². The second kappa shape index (κ2) is 5.29. The Morgan fingerprint density at radius 3 is 2.65 bits per heavy atom. The summed E-state index contributed by atoms with van der Waals surface area (Å²) in [5, 5.41) is 3.19. The van der Waals surface area contributed by atoms with Gasteiger partial charge in [0.1, 0.15) is 5.82 Å². The van der Waals surface area contributed by atoms with Gasteiger partial charge < -0.3 is 5.32 Å². The number of alkyl halides is 2. The molecule has 1 fully saturated rings. The van der Waals surface area contributed by atoms with Crippen molar-refractivity contribution in [3.8, 4) is 0 Å². The number of nitrogens with one attached hydrogen (secondary N) is 1. The summed E-state index contributed by atoms with van der Waals surface area (Å²) >= 11 is 3.31. The average Bonchev–Trinajstić information content (AvgIpc) is 2.30. The predicted octanol–water partition coefficient (Wildman–Crippen LogP) is 4.08. The van der Waals surface area contributed by atoms with Gasteiger partial charge in [-0.2, -0.15) is 0 Å². The SMILES string of the molecule is FC1(F)CCC(CNc2ccc(Br)cn2)CC1. The number of halogens is 3. The van der Waals surface area contributed by atoms with Crippen LogP contribution < -0.4 is 5.32 Å². The van der Waals surface area contributed by atoms with Gasteiger partial charge in [-0.15, -0.1) is 0 Å². The molecule has 0 atom stereocenters. The summed E-state index contributed by atoms with van der Waals surface area (Å²) in [5.41, 5.74) is 0. The van der Waals surface area contributed by atoms with Gasteiger partial charge in [0.25, 0.3) is 0 Å². The molecule has 17 heavy (non-hydrogen) atoms. The van der Waals surface area contributed by atoms with E-state index in [1.165, 1.54) is 0 Å². The fourth-order valence-electron chi connectivity index (χ4n) is 2.03. The lowest BCUT2D eigenvalue weighted by molar-refractivity contribution is -0.0443. The summed E-state index contributed by atoms with van der Waals surface area (Å²) in [6.45, 7) is 0.727. The highest BCUT2D eigenvalue weighted by molar-refractivity contribution is 9.10. The van der Waals surface area contributed by atoms with Gasteiger partial charge in [0.2, 0.25) is 5.92 Å². The van der Waals surface area contributed by atoms with Gasteiger partial charge in [0.15, 0.2) is 0 Å². The van der Waals surface area contributed by atoms with Crippen LogP contribution in [0.4, 0.5) is 14.6 Å². The van der Waals surface area contributed by atoms with Crippen LogP contribution in [0.25, 0.3) is 0 Å². The first-order valence-corrected chi connectivity index (χ1v) is 6.58. The van der Waals surface area contributed by atoms with Crippen LogP contribution in [0.15, 0.2) is 22.8 Å². The predicted molar refractivity (Wildman–Crippen MR) is 67.3 cm³/mol. The molecule has 0 unspecified atom stereocenters. The number of hydrogen-bond acceptors (Lipinski definition) is 2. The minimum absolute atomic E-state index is 0.0209. The Morgan fingerprint density at radius 2 is 2.06 bits per heavy atom. The molecule has 1 aliphatic rings. The van der Waals surface area contributed by atoms with E-state index >= 15 is 0 Å². The van der Waals surface area contributed by atoms with Gasteiger partial charge in [-0.3, -0.25) is 0 Å². The third-order valence-electron chi connectivity index (χ3n) is 3.14. The average molecular weight is 305 g/mol. The minimum Gasteiger partial charge on any atom is -0.370 e. The normalized spacial score (nSPS) is 20.2. The van der Waals surface area contributed by atoms with Crippen molar-refractivity contribution < 1.29 is 8.78 Å². The van der Waals surface area contributed by atoms with E-state index in [0.29, 0.717) is 18.8 Å². The van der Waals surface area contributed by atoms with Crippen LogP contribution in [0.3, 0.4) is 0 Å². The monoisotopic (exact) mass is 304 g/mol. The zero-order valence-corrected chi connectivity index (χ0v) is 11.0. The maximum absolute atomic E-state index is 12.9. The van der Waals surface area contributed by atoms with Gasteiger partial charge in [0.05, 0.1) is 0 Å². The molecule has 0 aromatic carbocycles. The van der Waals surface area contributed by atoms with E-state index in [9.17, 15) is 8.78 Å². The minimum atomic E-state index is -2.44. The molecule has 1 aliphatic carbocycles. The first kappa shape index (κ1) is 12.7. The first-order valence-electron chi connectivity index (χ1n) is 5.78. The van der Waals surface area contributed by atoms with Crippen molar-refractivity contribution in [1.29, 1.82) is 0 Å². The standard InChI is InChI=1S/C12H15BrF2N2/c13-10-1-2-11(17-8-10)16-7-9-3-5-12(14,15)6-4-9/h1-2,8-9H,3-7H2,(H,16,17). The van der Waals surface area contributed by atoms with Crippen LogP contribution in [-0.4, -0.2) is 17.5 Å². The van der Waals surface area contributed by atoms with Gasteiger partial charge in [0, 0.05) is 30.1 Å². The molecular formula is C12H15BrF2N2. The van der Waals surface area contributed by atoms with Crippen molar-refractivity contribution in [3.63, 3.8) is 0 Å². The van der Waals surface area contributed by atoms with Crippen LogP contribution in [-0.2, 0) is 0 Å². The molecule has 0 saturated heterocycles. The molecule has 0 bridgehead atoms. The van der Waals surface area contributed by atoms with Crippen molar-refractivity contribution >= 4 is 21.7 Å². The summed E-state index contributed by atoms with van der Waals surface area (Å²) in [7, 11) is 0. The van der Waals surface area contributed by atoms with Crippen molar-refractivity contribution in [1.82, 2.24) is 4.98 Å². The summed E-state index contributed by atoms with van der Waals surface area (Å²) in [5.74, 6) is -1.31. The third kappa shape index (κ3) is 3.91. The first-order chi connectivity index (χ1) is 8.05. The van der Waals surface area contributed by atoms with Crippen molar-refractivity contribution in [2.24, 2.45) is 5.92 Å². The number of aromatic nitrogens is 1. The second-order valence-electron chi connectivity index (χ2n) is 4.54. The zero-order chi connectivity index (χ0) is 12.3. The molecule has 0 spiro atoms. The summed E-state index contributed by atoms with van der Waals surface area (Å²) in [4.78, 5) is 4.19. The summed E-state index contributed by atoms with van der Waals surface area (Å²) in [6, 6.07) is 3.78. The zero-order valence-electron chi connectivity index (χ0n) is 9.43. The Labute approximate surface area is 108 Å². The Kier molecular flexibility index (Phi) is 3.97. The quantitative estimate of drug-likeness (QED) is 0.910. The van der Waals surface area contributed by atoms with Gasteiger partial charge in [-0.05, 0) is 46.8 Å². The van der Waals surface area contributed by atoms with Gasteiger partial charge in [-0.1, -0.05) is 0 Å². The molecular weight excluding hydrogens is 290 g/mol. The van der Waals surface area contributed by atoms with E-state index < -0.39 is 5.92 Å².